The van der Waals surface area contributed by atoms with Gasteiger partial charge in [0.1, 0.15) is 0 Å². The zero-order valence-corrected chi connectivity index (χ0v) is 18.5. The topological polar surface area (TPSA) is 55.1 Å². The lowest BCUT2D eigenvalue weighted by molar-refractivity contribution is 0.0843. The van der Waals surface area contributed by atoms with E-state index in [1.807, 2.05) is 6.07 Å². The summed E-state index contributed by atoms with van der Waals surface area (Å²) in [6.45, 7) is 5.89. The number of aromatic nitrogens is 3. The molecule has 6 heteroatoms. The number of likely N-dealkylation sites (tertiary alicyclic amines) is 1. The van der Waals surface area contributed by atoms with Crippen LogP contribution in [0.25, 0.3) is 0 Å². The maximum absolute atomic E-state index is 12.9. The molecule has 5 heterocycles. The average molecular weight is 430 g/mol. The number of rotatable bonds is 4. The molecule has 6 nitrogen and oxygen atoms in total. The van der Waals surface area contributed by atoms with E-state index in [1.54, 1.807) is 6.07 Å². The Morgan fingerprint density at radius 1 is 1.06 bits per heavy atom. The van der Waals surface area contributed by atoms with Crippen molar-refractivity contribution in [3.05, 3.63) is 87.6 Å². The third-order valence-electron chi connectivity index (χ3n) is 7.49. The summed E-state index contributed by atoms with van der Waals surface area (Å²) in [7, 11) is 0. The van der Waals surface area contributed by atoms with Gasteiger partial charge in [0.2, 0.25) is 0 Å². The number of hydrogen-bond donors (Lipinski definition) is 1. The molecule has 1 N–H and O–H groups in total. The van der Waals surface area contributed by atoms with Crippen molar-refractivity contribution in [2.24, 2.45) is 5.92 Å². The summed E-state index contributed by atoms with van der Waals surface area (Å²) in [5.41, 5.74) is 5.14. The smallest absolute Gasteiger partial charge is 0.251 e. The Morgan fingerprint density at radius 2 is 1.97 bits per heavy atom. The summed E-state index contributed by atoms with van der Waals surface area (Å²) in [4.78, 5) is 15.5. The molecule has 2 aromatic heterocycles. The highest BCUT2D eigenvalue weighted by Crippen LogP contribution is 2.42. The molecule has 3 aromatic rings. The first-order valence-electron chi connectivity index (χ1n) is 12.0. The highest BCUT2D eigenvalue weighted by Gasteiger charge is 2.40. The van der Waals surface area contributed by atoms with Gasteiger partial charge in [0.05, 0.1) is 11.4 Å². The van der Waals surface area contributed by atoms with E-state index < -0.39 is 0 Å². The van der Waals surface area contributed by atoms with E-state index >= 15 is 0 Å². The van der Waals surface area contributed by atoms with Crippen LogP contribution < -0.4 is 10.9 Å². The van der Waals surface area contributed by atoms with Gasteiger partial charge in [-0.25, -0.2) is 0 Å². The molecule has 1 fully saturated rings. The van der Waals surface area contributed by atoms with Gasteiger partial charge in [-0.05, 0) is 49.4 Å². The first kappa shape index (κ1) is 19.9. The van der Waals surface area contributed by atoms with Crippen molar-refractivity contribution >= 4 is 0 Å². The summed E-state index contributed by atoms with van der Waals surface area (Å²) in [5, 5.41) is 8.42. The molecule has 6 rings (SSSR count). The van der Waals surface area contributed by atoms with E-state index in [1.165, 1.54) is 29.1 Å². The number of nitrogens with one attached hydrogen (secondary N) is 1. The standard InChI is InChI=1S/C26H31N5O/c32-26-9-4-8-24-20-13-21(25(31(24)26)12-19-6-2-1-3-7-19)17-29(16-20)18-22-14-23-15-27-10-5-11-30(23)28-22/h1-4,6-9,14,20-21,25,27H,5,10-13,15-18H2/t20-,21+,25+/m1/s1. The third-order valence-corrected chi connectivity index (χ3v) is 7.49. The highest BCUT2D eigenvalue weighted by atomic mass is 16.1. The van der Waals surface area contributed by atoms with E-state index in [9.17, 15) is 4.79 Å². The lowest BCUT2D eigenvalue weighted by atomic mass is 9.76. The summed E-state index contributed by atoms with van der Waals surface area (Å²) >= 11 is 0. The molecule has 2 bridgehead atoms. The van der Waals surface area contributed by atoms with E-state index in [4.69, 9.17) is 5.10 Å². The van der Waals surface area contributed by atoms with Crippen LogP contribution in [0.2, 0.25) is 0 Å². The Balaban J connectivity index is 1.28. The quantitative estimate of drug-likeness (QED) is 0.693. The van der Waals surface area contributed by atoms with E-state index in [2.05, 4.69) is 61.9 Å². The van der Waals surface area contributed by atoms with Crippen LogP contribution in [0, 0.1) is 5.92 Å². The number of piperidine rings is 1. The molecule has 0 radical (unpaired) electrons. The van der Waals surface area contributed by atoms with Gasteiger partial charge in [-0.15, -0.1) is 0 Å². The normalized spacial score (nSPS) is 25.1. The van der Waals surface area contributed by atoms with Gasteiger partial charge in [0, 0.05) is 56.4 Å². The highest BCUT2D eigenvalue weighted by molar-refractivity contribution is 5.23. The first-order valence-corrected chi connectivity index (χ1v) is 12.0. The summed E-state index contributed by atoms with van der Waals surface area (Å²) in [6.07, 6.45) is 3.21. The number of benzene rings is 1. The molecule has 0 unspecified atom stereocenters. The Bertz CT molecular complexity index is 1130. The third kappa shape index (κ3) is 3.71. The lowest BCUT2D eigenvalue weighted by Crippen LogP contribution is -2.49. The second-order valence-corrected chi connectivity index (χ2v) is 9.68. The van der Waals surface area contributed by atoms with Crippen molar-refractivity contribution < 1.29 is 0 Å². The first-order chi connectivity index (χ1) is 15.7. The Morgan fingerprint density at radius 3 is 2.88 bits per heavy atom. The summed E-state index contributed by atoms with van der Waals surface area (Å²) < 4.78 is 4.31. The molecular formula is C26H31N5O. The number of nitrogens with zero attached hydrogens (tertiary/aromatic N) is 4. The van der Waals surface area contributed by atoms with Crippen LogP contribution in [0.4, 0.5) is 0 Å². The molecule has 3 atom stereocenters. The Kier molecular flexibility index (Phi) is 5.20. The second kappa shape index (κ2) is 8.34. The van der Waals surface area contributed by atoms with Crippen LogP contribution in [-0.4, -0.2) is 38.9 Å². The van der Waals surface area contributed by atoms with Crippen molar-refractivity contribution in [1.29, 1.82) is 0 Å². The molecule has 1 saturated heterocycles. The van der Waals surface area contributed by atoms with Crippen LogP contribution in [0.3, 0.4) is 0 Å². The van der Waals surface area contributed by atoms with Gasteiger partial charge >= 0.3 is 0 Å². The number of fused-ring (bicyclic) bond motifs is 5. The molecule has 0 amide bonds. The van der Waals surface area contributed by atoms with Crippen LogP contribution in [0.5, 0.6) is 0 Å². The molecule has 0 saturated carbocycles. The van der Waals surface area contributed by atoms with Gasteiger partial charge in [-0.3, -0.25) is 14.4 Å². The monoisotopic (exact) mass is 429 g/mol. The van der Waals surface area contributed by atoms with Gasteiger partial charge in [-0.2, -0.15) is 5.10 Å². The SMILES string of the molecule is O=c1cccc2n1[C@@H](Cc1ccccc1)[C@H]1C[C@@H]2CN(Cc2cc3n(n2)CCCNC3)C1. The zero-order valence-electron chi connectivity index (χ0n) is 18.5. The molecule has 1 aromatic carbocycles. The average Bonchev–Trinajstić information content (AvgIpc) is 3.05. The fourth-order valence-electron chi connectivity index (χ4n) is 6.11. The largest absolute Gasteiger partial charge is 0.311 e. The minimum absolute atomic E-state index is 0.150. The van der Waals surface area contributed by atoms with Crippen LogP contribution in [0.1, 0.15) is 47.4 Å². The molecule has 166 valence electrons. The van der Waals surface area contributed by atoms with E-state index in [-0.39, 0.29) is 11.6 Å². The molecule has 32 heavy (non-hydrogen) atoms. The summed E-state index contributed by atoms with van der Waals surface area (Å²) in [5.74, 6) is 0.889. The van der Waals surface area contributed by atoms with Crippen LogP contribution in [-0.2, 0) is 26.1 Å². The van der Waals surface area contributed by atoms with E-state index in [0.717, 1.165) is 52.1 Å². The van der Waals surface area contributed by atoms with E-state index in [0.29, 0.717) is 11.8 Å². The maximum Gasteiger partial charge on any atom is 0.251 e. The number of hydrogen-bond acceptors (Lipinski definition) is 4. The lowest BCUT2D eigenvalue weighted by Gasteiger charge is -2.47. The predicted molar refractivity (Wildman–Crippen MR) is 125 cm³/mol. The maximum atomic E-state index is 12.9. The fourth-order valence-corrected chi connectivity index (χ4v) is 6.11. The van der Waals surface area contributed by atoms with Gasteiger partial charge in [-0.1, -0.05) is 36.4 Å². The summed E-state index contributed by atoms with van der Waals surface area (Å²) in [6, 6.07) is 19.0. The Labute approximate surface area is 188 Å². The van der Waals surface area contributed by atoms with Crippen molar-refractivity contribution in [2.45, 2.75) is 50.9 Å². The molecule has 3 aliphatic rings. The van der Waals surface area contributed by atoms with Gasteiger partial charge < -0.3 is 9.88 Å². The van der Waals surface area contributed by atoms with Crippen LogP contribution >= 0.6 is 0 Å². The van der Waals surface area contributed by atoms with Gasteiger partial charge in [0.15, 0.2) is 0 Å². The number of pyridine rings is 1. The predicted octanol–water partition coefficient (Wildman–Crippen LogP) is 2.94. The van der Waals surface area contributed by atoms with Gasteiger partial charge in [0.25, 0.3) is 5.56 Å². The Hall–Kier alpha value is -2.70. The minimum Gasteiger partial charge on any atom is -0.311 e. The number of aryl methyl sites for hydroxylation is 1. The van der Waals surface area contributed by atoms with Crippen molar-refractivity contribution in [3.63, 3.8) is 0 Å². The second-order valence-electron chi connectivity index (χ2n) is 9.68. The van der Waals surface area contributed by atoms with Crippen molar-refractivity contribution in [3.8, 4) is 0 Å². The fraction of sp³-hybridized carbons (Fsp3) is 0.462. The molecular weight excluding hydrogens is 398 g/mol. The van der Waals surface area contributed by atoms with Crippen molar-refractivity contribution in [1.82, 2.24) is 24.6 Å². The molecule has 0 spiro atoms. The van der Waals surface area contributed by atoms with Crippen LogP contribution in [0.15, 0.2) is 59.4 Å². The zero-order chi connectivity index (χ0) is 21.5. The van der Waals surface area contributed by atoms with Crippen molar-refractivity contribution in [2.75, 3.05) is 19.6 Å². The minimum atomic E-state index is 0.150. The molecule has 3 aliphatic heterocycles. The molecule has 0 aliphatic carbocycles.